The highest BCUT2D eigenvalue weighted by Gasteiger charge is 2.31. The SMILES string of the molecule is CC[C@H]1CN(c2ccc(N3CCN(C)CC3)c(F)c2)C(=O)O1. The van der Waals surface area contributed by atoms with Crippen molar-refractivity contribution in [1.29, 1.82) is 0 Å². The molecule has 5 nitrogen and oxygen atoms in total. The van der Waals surface area contributed by atoms with Crippen molar-refractivity contribution >= 4 is 17.5 Å². The third-order valence-electron chi connectivity index (χ3n) is 4.42. The van der Waals surface area contributed by atoms with Gasteiger partial charge in [0.15, 0.2) is 0 Å². The van der Waals surface area contributed by atoms with Crippen molar-refractivity contribution in [2.24, 2.45) is 0 Å². The molecule has 0 aliphatic carbocycles. The zero-order valence-corrected chi connectivity index (χ0v) is 13.1. The third kappa shape index (κ3) is 2.88. The molecule has 3 rings (SSSR count). The van der Waals surface area contributed by atoms with Crippen LogP contribution in [0.2, 0.25) is 0 Å². The van der Waals surface area contributed by atoms with Crippen LogP contribution in [-0.4, -0.2) is 56.9 Å². The highest BCUT2D eigenvalue weighted by Crippen LogP contribution is 2.28. The molecule has 2 fully saturated rings. The lowest BCUT2D eigenvalue weighted by Crippen LogP contribution is -2.44. The average Bonchev–Trinajstić information content (AvgIpc) is 2.89. The predicted octanol–water partition coefficient (Wildman–Crippen LogP) is 2.31. The van der Waals surface area contributed by atoms with E-state index in [0.717, 1.165) is 32.6 Å². The predicted molar refractivity (Wildman–Crippen MR) is 84.0 cm³/mol. The van der Waals surface area contributed by atoms with E-state index in [2.05, 4.69) is 16.8 Å². The van der Waals surface area contributed by atoms with Gasteiger partial charge in [-0.2, -0.15) is 0 Å². The van der Waals surface area contributed by atoms with E-state index in [4.69, 9.17) is 4.74 Å². The summed E-state index contributed by atoms with van der Waals surface area (Å²) in [7, 11) is 2.07. The number of amides is 1. The van der Waals surface area contributed by atoms with Gasteiger partial charge in [0, 0.05) is 26.2 Å². The normalized spacial score (nSPS) is 23.0. The highest BCUT2D eigenvalue weighted by molar-refractivity contribution is 5.90. The number of cyclic esters (lactones) is 1. The molecule has 1 aromatic rings. The number of rotatable bonds is 3. The number of carbonyl (C=O) groups is 1. The minimum absolute atomic E-state index is 0.104. The van der Waals surface area contributed by atoms with Gasteiger partial charge in [0.2, 0.25) is 0 Å². The van der Waals surface area contributed by atoms with E-state index >= 15 is 0 Å². The first-order valence-corrected chi connectivity index (χ1v) is 7.79. The number of nitrogens with zero attached hydrogens (tertiary/aromatic N) is 3. The van der Waals surface area contributed by atoms with E-state index in [0.29, 0.717) is 17.9 Å². The van der Waals surface area contributed by atoms with Crippen LogP contribution in [-0.2, 0) is 4.74 Å². The Labute approximate surface area is 130 Å². The largest absolute Gasteiger partial charge is 0.444 e. The van der Waals surface area contributed by atoms with Crippen LogP contribution in [0.5, 0.6) is 0 Å². The molecule has 0 bridgehead atoms. The van der Waals surface area contributed by atoms with Crippen molar-refractivity contribution in [3.63, 3.8) is 0 Å². The maximum absolute atomic E-state index is 14.5. The number of halogens is 1. The van der Waals surface area contributed by atoms with E-state index in [9.17, 15) is 9.18 Å². The summed E-state index contributed by atoms with van der Waals surface area (Å²) in [5.41, 5.74) is 1.17. The molecule has 2 aliphatic heterocycles. The Balaban J connectivity index is 1.76. The number of likely N-dealkylation sites (N-methyl/N-ethyl adjacent to an activating group) is 1. The summed E-state index contributed by atoms with van der Waals surface area (Å²) in [6.45, 7) is 5.95. The number of anilines is 2. The monoisotopic (exact) mass is 307 g/mol. The van der Waals surface area contributed by atoms with Gasteiger partial charge in [-0.1, -0.05) is 6.92 Å². The molecule has 2 aliphatic rings. The summed E-state index contributed by atoms with van der Waals surface area (Å²) in [4.78, 5) is 17.6. The summed E-state index contributed by atoms with van der Waals surface area (Å²) < 4.78 is 19.7. The fourth-order valence-corrected chi connectivity index (χ4v) is 2.91. The average molecular weight is 307 g/mol. The highest BCUT2D eigenvalue weighted by atomic mass is 19.1. The summed E-state index contributed by atoms with van der Waals surface area (Å²) >= 11 is 0. The Morgan fingerprint density at radius 2 is 2.00 bits per heavy atom. The molecule has 0 saturated carbocycles. The quantitative estimate of drug-likeness (QED) is 0.858. The van der Waals surface area contributed by atoms with Crippen LogP contribution in [0.4, 0.5) is 20.6 Å². The molecule has 1 amide bonds. The fraction of sp³-hybridized carbons (Fsp3) is 0.562. The Bertz CT molecular complexity index is 558. The molecule has 120 valence electrons. The van der Waals surface area contributed by atoms with Crippen LogP contribution in [0.1, 0.15) is 13.3 Å². The van der Waals surface area contributed by atoms with Crippen molar-refractivity contribution in [3.8, 4) is 0 Å². The van der Waals surface area contributed by atoms with Crippen molar-refractivity contribution in [2.45, 2.75) is 19.4 Å². The zero-order chi connectivity index (χ0) is 15.7. The van der Waals surface area contributed by atoms with Crippen LogP contribution in [0.25, 0.3) is 0 Å². The molecule has 1 atom stereocenters. The first-order valence-electron chi connectivity index (χ1n) is 7.79. The van der Waals surface area contributed by atoms with Crippen LogP contribution in [0, 0.1) is 5.82 Å². The maximum atomic E-state index is 14.5. The van der Waals surface area contributed by atoms with Crippen LogP contribution in [0.3, 0.4) is 0 Å². The molecule has 0 spiro atoms. The zero-order valence-electron chi connectivity index (χ0n) is 13.1. The first-order chi connectivity index (χ1) is 10.6. The molecular formula is C16H22FN3O2. The Morgan fingerprint density at radius 3 is 2.59 bits per heavy atom. The molecule has 0 unspecified atom stereocenters. The second-order valence-electron chi connectivity index (χ2n) is 5.95. The molecule has 22 heavy (non-hydrogen) atoms. The summed E-state index contributed by atoms with van der Waals surface area (Å²) in [6.07, 6.45) is 0.274. The summed E-state index contributed by atoms with van der Waals surface area (Å²) in [5.74, 6) is -0.283. The maximum Gasteiger partial charge on any atom is 0.414 e. The van der Waals surface area contributed by atoms with Gasteiger partial charge >= 0.3 is 6.09 Å². The summed E-state index contributed by atoms with van der Waals surface area (Å²) in [5, 5.41) is 0. The van der Waals surface area contributed by atoms with Crippen molar-refractivity contribution in [2.75, 3.05) is 49.6 Å². The number of carbonyl (C=O) groups excluding carboxylic acids is 1. The lowest BCUT2D eigenvalue weighted by atomic mass is 10.2. The van der Waals surface area contributed by atoms with E-state index < -0.39 is 6.09 Å². The van der Waals surface area contributed by atoms with Crippen molar-refractivity contribution < 1.29 is 13.9 Å². The molecular weight excluding hydrogens is 285 g/mol. The molecule has 2 heterocycles. The Hall–Kier alpha value is -1.82. The molecule has 0 aromatic heterocycles. The summed E-state index contributed by atoms with van der Waals surface area (Å²) in [6, 6.07) is 5.01. The molecule has 6 heteroatoms. The number of ether oxygens (including phenoxy) is 1. The van der Waals surface area contributed by atoms with Crippen LogP contribution >= 0.6 is 0 Å². The number of hydrogen-bond acceptors (Lipinski definition) is 4. The van der Waals surface area contributed by atoms with E-state index in [1.54, 1.807) is 12.1 Å². The molecule has 2 saturated heterocycles. The van der Waals surface area contributed by atoms with Gasteiger partial charge in [0.25, 0.3) is 0 Å². The van der Waals surface area contributed by atoms with Gasteiger partial charge in [0.05, 0.1) is 17.9 Å². The van der Waals surface area contributed by atoms with E-state index in [1.165, 1.54) is 11.0 Å². The van der Waals surface area contributed by atoms with Gasteiger partial charge in [-0.05, 0) is 31.7 Å². The van der Waals surface area contributed by atoms with Gasteiger partial charge in [-0.3, -0.25) is 4.90 Å². The minimum Gasteiger partial charge on any atom is -0.444 e. The second kappa shape index (κ2) is 6.12. The van der Waals surface area contributed by atoms with E-state index in [-0.39, 0.29) is 11.9 Å². The lowest BCUT2D eigenvalue weighted by Gasteiger charge is -2.34. The Morgan fingerprint density at radius 1 is 1.27 bits per heavy atom. The van der Waals surface area contributed by atoms with Crippen molar-refractivity contribution in [3.05, 3.63) is 24.0 Å². The molecule has 0 N–H and O–H groups in total. The number of piperazine rings is 1. The van der Waals surface area contributed by atoms with Crippen LogP contribution in [0.15, 0.2) is 18.2 Å². The third-order valence-corrected chi connectivity index (χ3v) is 4.42. The van der Waals surface area contributed by atoms with E-state index in [1.807, 2.05) is 6.92 Å². The fourth-order valence-electron chi connectivity index (χ4n) is 2.91. The van der Waals surface area contributed by atoms with Gasteiger partial charge in [-0.15, -0.1) is 0 Å². The Kier molecular flexibility index (Phi) is 4.20. The van der Waals surface area contributed by atoms with Gasteiger partial charge in [0.1, 0.15) is 11.9 Å². The second-order valence-corrected chi connectivity index (χ2v) is 5.95. The smallest absolute Gasteiger partial charge is 0.414 e. The lowest BCUT2D eigenvalue weighted by molar-refractivity contribution is 0.139. The van der Waals surface area contributed by atoms with Crippen molar-refractivity contribution in [1.82, 2.24) is 4.90 Å². The molecule has 1 aromatic carbocycles. The number of benzene rings is 1. The minimum atomic E-state index is -0.390. The number of hydrogen-bond donors (Lipinski definition) is 0. The molecule has 0 radical (unpaired) electrons. The topological polar surface area (TPSA) is 36.0 Å². The standard InChI is InChI=1S/C16H22FN3O2/c1-3-13-11-20(16(21)22-13)12-4-5-15(14(17)10-12)19-8-6-18(2)7-9-19/h4-5,10,13H,3,6-9,11H2,1-2H3/t13-/m0/s1. The first kappa shape index (κ1) is 15.1. The van der Waals surface area contributed by atoms with Crippen LogP contribution < -0.4 is 9.80 Å². The van der Waals surface area contributed by atoms with Gasteiger partial charge in [-0.25, -0.2) is 9.18 Å². The van der Waals surface area contributed by atoms with Gasteiger partial charge < -0.3 is 14.5 Å².